The zero-order valence-corrected chi connectivity index (χ0v) is 17.9. The zero-order valence-electron chi connectivity index (χ0n) is 15.6. The van der Waals surface area contributed by atoms with Crippen LogP contribution in [0.25, 0.3) is 0 Å². The monoisotopic (exact) mass is 488 g/mol. The summed E-state index contributed by atoms with van der Waals surface area (Å²) in [5.41, 5.74) is 0.817. The average molecular weight is 488 g/mol. The zero-order chi connectivity index (χ0) is 18.4. The number of rotatable bonds is 6. The van der Waals surface area contributed by atoms with Gasteiger partial charge in [-0.3, -0.25) is 0 Å². The number of aliphatic imine (C=N–C) groups is 1. The summed E-state index contributed by atoms with van der Waals surface area (Å²) in [7, 11) is 1.93. The fourth-order valence-electron chi connectivity index (χ4n) is 2.76. The lowest BCUT2D eigenvalue weighted by Gasteiger charge is -2.15. The number of nitrogens with zero attached hydrogens (tertiary/aromatic N) is 4. The molecule has 0 saturated carbocycles. The maximum atomic E-state index is 13.3. The second-order valence-corrected chi connectivity index (χ2v) is 6.39. The Balaban J connectivity index is 0.00000261. The Kier molecular flexibility index (Phi) is 8.42. The van der Waals surface area contributed by atoms with E-state index in [-0.39, 0.29) is 35.9 Å². The molecule has 3 rings (SSSR count). The minimum absolute atomic E-state index is 0. The van der Waals surface area contributed by atoms with Crippen LogP contribution in [0.1, 0.15) is 30.1 Å². The summed E-state index contributed by atoms with van der Waals surface area (Å²) in [6, 6.07) is 6.47. The van der Waals surface area contributed by atoms with Crippen molar-refractivity contribution in [1.82, 2.24) is 25.4 Å². The van der Waals surface area contributed by atoms with Crippen LogP contribution in [-0.2, 0) is 24.9 Å². The third kappa shape index (κ3) is 6.42. The molecule has 1 aliphatic rings. The van der Waals surface area contributed by atoms with Gasteiger partial charge in [0.15, 0.2) is 11.8 Å². The summed E-state index contributed by atoms with van der Waals surface area (Å²) in [6.45, 7) is 4.29. The molecular weight excluding hydrogens is 462 g/mol. The molecular formula is C18H26FIN6O. The van der Waals surface area contributed by atoms with Crippen molar-refractivity contribution >= 4 is 29.9 Å². The Bertz CT molecular complexity index is 760. The minimum atomic E-state index is -0.255. The van der Waals surface area contributed by atoms with Gasteiger partial charge in [-0.1, -0.05) is 12.1 Å². The first kappa shape index (κ1) is 21.5. The van der Waals surface area contributed by atoms with E-state index in [4.69, 9.17) is 4.74 Å². The summed E-state index contributed by atoms with van der Waals surface area (Å²) >= 11 is 0. The van der Waals surface area contributed by atoms with E-state index in [1.54, 1.807) is 6.07 Å². The lowest BCUT2D eigenvalue weighted by molar-refractivity contribution is 0.113. The summed E-state index contributed by atoms with van der Waals surface area (Å²) in [6.07, 6.45) is 2.34. The molecule has 2 N–H and O–H groups in total. The van der Waals surface area contributed by atoms with Crippen molar-refractivity contribution < 1.29 is 9.13 Å². The Morgan fingerprint density at radius 3 is 2.89 bits per heavy atom. The summed E-state index contributed by atoms with van der Waals surface area (Å²) in [5.74, 6) is 2.06. The van der Waals surface area contributed by atoms with Gasteiger partial charge in [0.2, 0.25) is 0 Å². The second kappa shape index (κ2) is 10.5. The molecule has 1 fully saturated rings. The minimum Gasteiger partial charge on any atom is -0.376 e. The van der Waals surface area contributed by atoms with E-state index in [9.17, 15) is 4.39 Å². The molecule has 2 heterocycles. The molecule has 1 saturated heterocycles. The molecule has 0 radical (unpaired) electrons. The largest absolute Gasteiger partial charge is 0.376 e. The van der Waals surface area contributed by atoms with Crippen molar-refractivity contribution in [1.29, 1.82) is 0 Å². The first-order valence-corrected chi connectivity index (χ1v) is 8.85. The number of ether oxygens (including phenoxy) is 1. The van der Waals surface area contributed by atoms with E-state index < -0.39 is 0 Å². The maximum Gasteiger partial charge on any atom is 0.192 e. The normalized spacial score (nSPS) is 16.9. The second-order valence-electron chi connectivity index (χ2n) is 6.39. The van der Waals surface area contributed by atoms with Gasteiger partial charge >= 0.3 is 0 Å². The van der Waals surface area contributed by atoms with Crippen molar-refractivity contribution in [2.24, 2.45) is 12.0 Å². The van der Waals surface area contributed by atoms with Crippen molar-refractivity contribution in [3.05, 3.63) is 47.3 Å². The van der Waals surface area contributed by atoms with Gasteiger partial charge < -0.3 is 19.9 Å². The molecule has 1 unspecified atom stereocenters. The van der Waals surface area contributed by atoms with E-state index in [2.05, 4.69) is 25.8 Å². The number of aryl methyl sites for hydroxylation is 1. The third-order valence-corrected chi connectivity index (χ3v) is 4.43. The van der Waals surface area contributed by atoms with Crippen molar-refractivity contribution in [3.63, 3.8) is 0 Å². The molecule has 7 nitrogen and oxygen atoms in total. The number of hydrogen-bond acceptors (Lipinski definition) is 4. The lowest BCUT2D eigenvalue weighted by Crippen LogP contribution is -2.41. The van der Waals surface area contributed by atoms with E-state index in [0.29, 0.717) is 25.6 Å². The van der Waals surface area contributed by atoms with Crippen molar-refractivity contribution in [3.8, 4) is 0 Å². The molecule has 1 atom stereocenters. The Labute approximate surface area is 175 Å². The highest BCUT2D eigenvalue weighted by atomic mass is 127. The van der Waals surface area contributed by atoms with Crippen LogP contribution in [0.4, 0.5) is 4.39 Å². The Morgan fingerprint density at radius 1 is 1.37 bits per heavy atom. The quantitative estimate of drug-likeness (QED) is 0.371. The molecule has 2 aromatic rings. The van der Waals surface area contributed by atoms with E-state index in [1.807, 2.05) is 24.6 Å². The highest BCUT2D eigenvalue weighted by Crippen LogP contribution is 2.10. The van der Waals surface area contributed by atoms with Crippen LogP contribution in [0.2, 0.25) is 0 Å². The fourth-order valence-corrected chi connectivity index (χ4v) is 2.76. The van der Waals surface area contributed by atoms with Crippen LogP contribution in [0, 0.1) is 12.7 Å². The van der Waals surface area contributed by atoms with Gasteiger partial charge in [0.05, 0.1) is 19.2 Å². The highest BCUT2D eigenvalue weighted by molar-refractivity contribution is 14.0. The van der Waals surface area contributed by atoms with E-state index >= 15 is 0 Å². The third-order valence-electron chi connectivity index (χ3n) is 4.43. The predicted octanol–water partition coefficient (Wildman–Crippen LogP) is 2.30. The molecule has 0 aliphatic carbocycles. The van der Waals surface area contributed by atoms with Crippen molar-refractivity contribution in [2.75, 3.05) is 13.2 Å². The molecule has 1 aromatic carbocycles. The number of hydrogen-bond donors (Lipinski definition) is 2. The molecule has 0 spiro atoms. The van der Waals surface area contributed by atoms with Gasteiger partial charge in [-0.25, -0.2) is 9.38 Å². The summed E-state index contributed by atoms with van der Waals surface area (Å²) in [5, 5.41) is 14.8. The summed E-state index contributed by atoms with van der Waals surface area (Å²) in [4.78, 5) is 4.56. The molecule has 1 aromatic heterocycles. The fraction of sp³-hybridized carbons (Fsp3) is 0.500. The van der Waals surface area contributed by atoms with E-state index in [1.165, 1.54) is 12.1 Å². The molecule has 0 bridgehead atoms. The number of guanidine groups is 1. The lowest BCUT2D eigenvalue weighted by atomic mass is 10.2. The van der Waals surface area contributed by atoms with Gasteiger partial charge in [0.25, 0.3) is 0 Å². The maximum absolute atomic E-state index is 13.3. The highest BCUT2D eigenvalue weighted by Gasteiger charge is 2.16. The predicted molar refractivity (Wildman–Crippen MR) is 113 cm³/mol. The summed E-state index contributed by atoms with van der Waals surface area (Å²) < 4.78 is 20.9. The number of benzene rings is 1. The Hall–Kier alpha value is -1.75. The first-order valence-electron chi connectivity index (χ1n) is 8.85. The SMILES string of the molecule is Cc1nnc(CNC(=NCc2cccc(F)c2)NCC2CCCO2)n1C.I. The first-order chi connectivity index (χ1) is 12.6. The van der Waals surface area contributed by atoms with Crippen LogP contribution in [-0.4, -0.2) is 40.0 Å². The topological polar surface area (TPSA) is 76.4 Å². The van der Waals surface area contributed by atoms with Crippen LogP contribution < -0.4 is 10.6 Å². The number of aromatic nitrogens is 3. The molecule has 27 heavy (non-hydrogen) atoms. The van der Waals surface area contributed by atoms with Gasteiger partial charge in [0.1, 0.15) is 11.6 Å². The van der Waals surface area contributed by atoms with Gasteiger partial charge in [0, 0.05) is 20.2 Å². The molecule has 148 valence electrons. The van der Waals surface area contributed by atoms with Crippen LogP contribution in [0.15, 0.2) is 29.3 Å². The van der Waals surface area contributed by atoms with Crippen molar-refractivity contribution in [2.45, 2.75) is 39.0 Å². The van der Waals surface area contributed by atoms with Crippen LogP contribution >= 0.6 is 24.0 Å². The number of nitrogens with one attached hydrogen (secondary N) is 2. The molecule has 9 heteroatoms. The molecule has 0 amide bonds. The average Bonchev–Trinajstić information content (AvgIpc) is 3.26. The van der Waals surface area contributed by atoms with Crippen LogP contribution in [0.3, 0.4) is 0 Å². The van der Waals surface area contributed by atoms with Gasteiger partial charge in [-0.15, -0.1) is 34.2 Å². The van der Waals surface area contributed by atoms with Gasteiger partial charge in [-0.05, 0) is 37.5 Å². The standard InChI is InChI=1S/C18H25FN6O.HI/c1-13-23-24-17(25(13)2)12-22-18(21-11-16-7-4-8-26-16)20-10-14-5-3-6-15(19)9-14;/h3,5-6,9,16H,4,7-8,10-12H2,1-2H3,(H2,20,21,22);1H. The van der Waals surface area contributed by atoms with Crippen LogP contribution in [0.5, 0.6) is 0 Å². The Morgan fingerprint density at radius 2 is 2.22 bits per heavy atom. The molecule has 1 aliphatic heterocycles. The number of halogens is 2. The van der Waals surface area contributed by atoms with Gasteiger partial charge in [-0.2, -0.15) is 0 Å². The van der Waals surface area contributed by atoms with E-state index in [0.717, 1.165) is 36.7 Å². The smallest absolute Gasteiger partial charge is 0.192 e.